The Hall–Kier alpha value is -2.04. The van der Waals surface area contributed by atoms with E-state index in [4.69, 9.17) is 4.74 Å². The number of methoxy groups -OCH3 is 1. The molecule has 0 unspecified atom stereocenters. The van der Waals surface area contributed by atoms with Crippen LogP contribution in [-0.4, -0.2) is 29.5 Å². The number of ether oxygens (including phenoxy) is 1. The Morgan fingerprint density at radius 1 is 1.24 bits per heavy atom. The van der Waals surface area contributed by atoms with Gasteiger partial charge in [0.05, 0.1) is 13.7 Å². The second-order valence-electron chi connectivity index (χ2n) is 5.40. The molecule has 0 aliphatic carbocycles. The maximum Gasteiger partial charge on any atom is 0.325 e. The molecule has 1 aliphatic rings. The van der Waals surface area contributed by atoms with Gasteiger partial charge >= 0.3 is 6.03 Å². The molecule has 0 saturated carbocycles. The van der Waals surface area contributed by atoms with Gasteiger partial charge in [-0.2, -0.15) is 0 Å². The van der Waals surface area contributed by atoms with Crippen LogP contribution in [0.3, 0.4) is 0 Å². The number of aryl methyl sites for hydroxylation is 1. The zero-order valence-corrected chi connectivity index (χ0v) is 13.0. The highest BCUT2D eigenvalue weighted by Crippen LogP contribution is 2.32. The van der Waals surface area contributed by atoms with E-state index in [0.29, 0.717) is 19.4 Å². The molecule has 0 spiro atoms. The first-order chi connectivity index (χ1) is 9.98. The third-order valence-corrected chi connectivity index (χ3v) is 4.34. The molecule has 2 rings (SSSR count). The molecule has 1 aromatic rings. The van der Waals surface area contributed by atoms with Crippen molar-refractivity contribution in [2.45, 2.75) is 45.7 Å². The topological polar surface area (TPSA) is 58.6 Å². The lowest BCUT2D eigenvalue weighted by Crippen LogP contribution is -2.48. The third kappa shape index (κ3) is 2.48. The normalized spacial score (nSPS) is 17.0. The van der Waals surface area contributed by atoms with E-state index in [1.54, 1.807) is 12.0 Å². The van der Waals surface area contributed by atoms with Crippen molar-refractivity contribution in [3.8, 4) is 5.75 Å². The Bertz CT molecular complexity index is 565. The van der Waals surface area contributed by atoms with Crippen LogP contribution in [0, 0.1) is 6.92 Å². The molecule has 5 nitrogen and oxygen atoms in total. The van der Waals surface area contributed by atoms with E-state index in [1.807, 2.05) is 39.0 Å². The Morgan fingerprint density at radius 3 is 2.48 bits per heavy atom. The first-order valence-corrected chi connectivity index (χ1v) is 7.25. The fraction of sp³-hybridized carbons (Fsp3) is 0.500. The lowest BCUT2D eigenvalue weighted by molar-refractivity contribution is -0.127. The number of hydrogen-bond donors (Lipinski definition) is 1. The summed E-state index contributed by atoms with van der Waals surface area (Å²) in [5.41, 5.74) is 1.25. The van der Waals surface area contributed by atoms with Gasteiger partial charge in [0.15, 0.2) is 0 Å². The van der Waals surface area contributed by atoms with Crippen LogP contribution in [0.25, 0.3) is 0 Å². The summed E-state index contributed by atoms with van der Waals surface area (Å²) in [5.74, 6) is 0.526. The molecule has 0 radical (unpaired) electrons. The van der Waals surface area contributed by atoms with Crippen LogP contribution >= 0.6 is 0 Å². The predicted octanol–water partition coefficient (Wildman–Crippen LogP) is 2.61. The van der Waals surface area contributed by atoms with E-state index < -0.39 is 5.54 Å². The molecule has 1 aliphatic heterocycles. The molecule has 3 amide bonds. The van der Waals surface area contributed by atoms with Crippen LogP contribution < -0.4 is 10.1 Å². The summed E-state index contributed by atoms with van der Waals surface area (Å²) in [6.07, 6.45) is 1.18. The Kier molecular flexibility index (Phi) is 4.21. The van der Waals surface area contributed by atoms with Crippen LogP contribution in [0.4, 0.5) is 4.79 Å². The molecule has 1 fully saturated rings. The number of amides is 3. The first kappa shape index (κ1) is 15.4. The highest BCUT2D eigenvalue weighted by Gasteiger charge is 2.50. The standard InChI is InChI=1S/C16H22N2O3/c1-5-16(6-2)14(19)17-15(20)18(16)10-12-9-11(3)7-8-13(12)21-4/h7-9H,5-6,10H2,1-4H3,(H,17,19,20). The van der Waals surface area contributed by atoms with E-state index in [9.17, 15) is 9.59 Å². The quantitative estimate of drug-likeness (QED) is 0.848. The maximum absolute atomic E-state index is 12.2. The minimum Gasteiger partial charge on any atom is -0.496 e. The molecule has 5 heteroatoms. The molecule has 114 valence electrons. The second-order valence-corrected chi connectivity index (χ2v) is 5.40. The number of carbonyl (C=O) groups excluding carboxylic acids is 2. The summed E-state index contributed by atoms with van der Waals surface area (Å²) >= 11 is 0. The van der Waals surface area contributed by atoms with E-state index in [0.717, 1.165) is 16.9 Å². The molecule has 21 heavy (non-hydrogen) atoms. The lowest BCUT2D eigenvalue weighted by atomic mass is 9.91. The second kappa shape index (κ2) is 5.76. The van der Waals surface area contributed by atoms with Crippen molar-refractivity contribution in [3.63, 3.8) is 0 Å². The van der Waals surface area contributed by atoms with Crippen molar-refractivity contribution < 1.29 is 14.3 Å². The van der Waals surface area contributed by atoms with Crippen molar-refractivity contribution in [2.75, 3.05) is 7.11 Å². The van der Waals surface area contributed by atoms with Gasteiger partial charge in [0, 0.05) is 5.56 Å². The summed E-state index contributed by atoms with van der Waals surface area (Å²) < 4.78 is 5.36. The van der Waals surface area contributed by atoms with Crippen molar-refractivity contribution in [2.24, 2.45) is 0 Å². The van der Waals surface area contributed by atoms with Crippen molar-refractivity contribution in [1.82, 2.24) is 10.2 Å². The van der Waals surface area contributed by atoms with Crippen molar-refractivity contribution in [1.29, 1.82) is 0 Å². The number of rotatable bonds is 5. The van der Waals surface area contributed by atoms with E-state index >= 15 is 0 Å². The molecule has 1 N–H and O–H groups in total. The summed E-state index contributed by atoms with van der Waals surface area (Å²) in [6, 6.07) is 5.52. The minimum absolute atomic E-state index is 0.205. The van der Waals surface area contributed by atoms with Gasteiger partial charge in [-0.3, -0.25) is 10.1 Å². The van der Waals surface area contributed by atoms with Gasteiger partial charge in [0.1, 0.15) is 11.3 Å². The number of benzene rings is 1. The van der Waals surface area contributed by atoms with Gasteiger partial charge in [-0.05, 0) is 25.8 Å². The predicted molar refractivity (Wildman–Crippen MR) is 80.1 cm³/mol. The van der Waals surface area contributed by atoms with Crippen LogP contribution in [-0.2, 0) is 11.3 Å². The number of nitrogens with zero attached hydrogens (tertiary/aromatic N) is 1. The third-order valence-electron chi connectivity index (χ3n) is 4.34. The molecule has 1 heterocycles. The number of nitrogens with one attached hydrogen (secondary N) is 1. The maximum atomic E-state index is 12.2. The molecule has 0 bridgehead atoms. The fourth-order valence-electron chi connectivity index (χ4n) is 2.98. The van der Waals surface area contributed by atoms with Crippen LogP contribution in [0.2, 0.25) is 0 Å². The number of imide groups is 1. The Morgan fingerprint density at radius 2 is 1.90 bits per heavy atom. The largest absolute Gasteiger partial charge is 0.496 e. The number of hydrogen-bond acceptors (Lipinski definition) is 3. The monoisotopic (exact) mass is 290 g/mol. The van der Waals surface area contributed by atoms with Gasteiger partial charge in [-0.1, -0.05) is 31.5 Å². The van der Waals surface area contributed by atoms with Gasteiger partial charge in [-0.15, -0.1) is 0 Å². The molecular weight excluding hydrogens is 268 g/mol. The molecule has 0 atom stereocenters. The zero-order chi connectivity index (χ0) is 15.6. The fourth-order valence-corrected chi connectivity index (χ4v) is 2.98. The van der Waals surface area contributed by atoms with Gasteiger partial charge in [0.25, 0.3) is 5.91 Å². The highest BCUT2D eigenvalue weighted by atomic mass is 16.5. The van der Waals surface area contributed by atoms with Crippen molar-refractivity contribution in [3.05, 3.63) is 29.3 Å². The summed E-state index contributed by atoms with van der Waals surface area (Å²) in [4.78, 5) is 26.0. The molecular formula is C16H22N2O3. The van der Waals surface area contributed by atoms with Crippen LogP contribution in [0.15, 0.2) is 18.2 Å². The van der Waals surface area contributed by atoms with E-state index in [1.165, 1.54) is 0 Å². The Labute approximate surface area is 125 Å². The average Bonchev–Trinajstić information content (AvgIpc) is 2.70. The van der Waals surface area contributed by atoms with Gasteiger partial charge in [-0.25, -0.2) is 4.79 Å². The van der Waals surface area contributed by atoms with Crippen LogP contribution in [0.1, 0.15) is 37.8 Å². The smallest absolute Gasteiger partial charge is 0.325 e. The van der Waals surface area contributed by atoms with Gasteiger partial charge in [0.2, 0.25) is 0 Å². The minimum atomic E-state index is -0.758. The SMILES string of the molecule is CCC1(CC)C(=O)NC(=O)N1Cc1cc(C)ccc1OC. The molecule has 1 saturated heterocycles. The van der Waals surface area contributed by atoms with Crippen LogP contribution in [0.5, 0.6) is 5.75 Å². The highest BCUT2D eigenvalue weighted by molar-refractivity contribution is 6.06. The summed E-state index contributed by atoms with van der Waals surface area (Å²) in [6.45, 7) is 6.22. The lowest BCUT2D eigenvalue weighted by Gasteiger charge is -2.34. The summed E-state index contributed by atoms with van der Waals surface area (Å²) in [5, 5.41) is 2.44. The summed E-state index contributed by atoms with van der Waals surface area (Å²) in [7, 11) is 1.61. The van der Waals surface area contributed by atoms with Gasteiger partial charge < -0.3 is 9.64 Å². The molecule has 1 aromatic carbocycles. The first-order valence-electron chi connectivity index (χ1n) is 7.25. The Balaban J connectivity index is 2.39. The average molecular weight is 290 g/mol. The van der Waals surface area contributed by atoms with E-state index in [2.05, 4.69) is 5.32 Å². The number of carbonyl (C=O) groups is 2. The van der Waals surface area contributed by atoms with Crippen molar-refractivity contribution >= 4 is 11.9 Å². The zero-order valence-electron chi connectivity index (χ0n) is 13.0. The molecule has 0 aromatic heterocycles. The van der Waals surface area contributed by atoms with E-state index in [-0.39, 0.29) is 11.9 Å². The number of urea groups is 1.